The van der Waals surface area contributed by atoms with Crippen molar-refractivity contribution < 1.29 is 23.8 Å². The highest BCUT2D eigenvalue weighted by Gasteiger charge is 2.19. The smallest absolute Gasteiger partial charge is 0.203 e. The number of benzene rings is 2. The standard InChI is InChI=1S/C29H41N3O5/c1-33-27-20-25-21-28(29(27)34-2)36-18-6-10-26(37-30-22-24-8-4-3-5-9-24)11-14-31-12-7-13-32(16-15-31)17-19-35-23-25/h3-5,8-9,20-22,26H,6-7,10-19,23H2,1-2H3/b30-22+. The largest absolute Gasteiger partial charge is 0.493 e. The minimum Gasteiger partial charge on any atom is -0.493 e. The molecule has 3 unspecified atom stereocenters. The zero-order valence-corrected chi connectivity index (χ0v) is 22.3. The summed E-state index contributed by atoms with van der Waals surface area (Å²) >= 11 is 0. The van der Waals surface area contributed by atoms with Crippen molar-refractivity contribution in [2.45, 2.75) is 38.4 Å². The van der Waals surface area contributed by atoms with E-state index in [0.29, 0.717) is 37.1 Å². The van der Waals surface area contributed by atoms with Crippen LogP contribution < -0.4 is 14.2 Å². The van der Waals surface area contributed by atoms with E-state index >= 15 is 0 Å². The first-order valence-corrected chi connectivity index (χ1v) is 13.4. The fourth-order valence-corrected chi connectivity index (χ4v) is 4.82. The van der Waals surface area contributed by atoms with Gasteiger partial charge in [0, 0.05) is 26.2 Å². The summed E-state index contributed by atoms with van der Waals surface area (Å²) in [5, 5.41) is 4.32. The molecule has 2 aromatic carbocycles. The zero-order chi connectivity index (χ0) is 25.7. The second-order valence-electron chi connectivity index (χ2n) is 9.57. The van der Waals surface area contributed by atoms with Crippen LogP contribution in [-0.2, 0) is 16.2 Å². The van der Waals surface area contributed by atoms with Crippen molar-refractivity contribution >= 4 is 6.21 Å². The molecule has 4 rings (SSSR count). The molecule has 2 aliphatic rings. The first-order valence-electron chi connectivity index (χ1n) is 13.4. The number of rotatable bonds is 5. The summed E-state index contributed by atoms with van der Waals surface area (Å²) in [6, 6.07) is 14.0. The summed E-state index contributed by atoms with van der Waals surface area (Å²) in [4.78, 5) is 11.1. The van der Waals surface area contributed by atoms with E-state index in [1.165, 1.54) is 6.42 Å². The Morgan fingerprint density at radius 3 is 2.46 bits per heavy atom. The Hall–Kier alpha value is -2.81. The highest BCUT2D eigenvalue weighted by Crippen LogP contribution is 2.38. The van der Waals surface area contributed by atoms with Gasteiger partial charge in [-0.2, -0.15) is 0 Å². The maximum Gasteiger partial charge on any atom is 0.203 e. The Bertz CT molecular complexity index is 972. The van der Waals surface area contributed by atoms with Crippen LogP contribution in [0.2, 0.25) is 0 Å². The summed E-state index contributed by atoms with van der Waals surface area (Å²) in [5.74, 6) is 1.93. The quantitative estimate of drug-likeness (QED) is 0.440. The molecule has 8 heteroatoms. The maximum absolute atomic E-state index is 6.17. The number of ether oxygens (including phenoxy) is 4. The predicted octanol–water partition coefficient (Wildman–Crippen LogP) is 4.21. The van der Waals surface area contributed by atoms with Gasteiger partial charge in [-0.1, -0.05) is 35.5 Å². The van der Waals surface area contributed by atoms with E-state index < -0.39 is 0 Å². The first-order chi connectivity index (χ1) is 18.2. The van der Waals surface area contributed by atoms with Crippen molar-refractivity contribution in [3.63, 3.8) is 0 Å². The van der Waals surface area contributed by atoms with Crippen LogP contribution in [0.3, 0.4) is 0 Å². The van der Waals surface area contributed by atoms with Gasteiger partial charge in [-0.25, -0.2) is 0 Å². The van der Waals surface area contributed by atoms with Gasteiger partial charge in [0.2, 0.25) is 5.75 Å². The van der Waals surface area contributed by atoms with Crippen LogP contribution in [-0.4, -0.2) is 88.8 Å². The molecule has 0 spiro atoms. The molecule has 202 valence electrons. The van der Waals surface area contributed by atoms with Crippen molar-refractivity contribution in [1.29, 1.82) is 0 Å². The number of oxime groups is 1. The molecule has 37 heavy (non-hydrogen) atoms. The van der Waals surface area contributed by atoms with Crippen molar-refractivity contribution in [3.8, 4) is 17.2 Å². The van der Waals surface area contributed by atoms with Gasteiger partial charge in [-0.3, -0.25) is 4.90 Å². The molecule has 1 fully saturated rings. The van der Waals surface area contributed by atoms with Crippen molar-refractivity contribution in [3.05, 3.63) is 53.6 Å². The second kappa shape index (κ2) is 14.8. The molecule has 0 aliphatic carbocycles. The average molecular weight is 512 g/mol. The summed E-state index contributed by atoms with van der Waals surface area (Å²) in [6.45, 7) is 8.05. The highest BCUT2D eigenvalue weighted by atomic mass is 16.6. The topological polar surface area (TPSA) is 65.0 Å². The van der Waals surface area contributed by atoms with Crippen LogP contribution in [0.25, 0.3) is 0 Å². The molecule has 0 amide bonds. The lowest BCUT2D eigenvalue weighted by atomic mass is 10.1. The predicted molar refractivity (Wildman–Crippen MR) is 145 cm³/mol. The van der Waals surface area contributed by atoms with Crippen LogP contribution in [0.5, 0.6) is 17.2 Å². The molecule has 2 aromatic rings. The molecule has 8 nitrogen and oxygen atoms in total. The van der Waals surface area contributed by atoms with Crippen LogP contribution in [0.4, 0.5) is 0 Å². The molecule has 2 heterocycles. The SMILES string of the molecule is COc1cc2cc(c1OC)OCCCC(O/N=C/c1ccccc1)CCN1CCCN(CCOC2)CC1. The average Bonchev–Trinajstić information content (AvgIpc) is 3.16. The Labute approximate surface area is 221 Å². The molecule has 2 aliphatic heterocycles. The van der Waals surface area contributed by atoms with Gasteiger partial charge in [0.1, 0.15) is 6.10 Å². The third-order valence-electron chi connectivity index (χ3n) is 6.91. The lowest BCUT2D eigenvalue weighted by Gasteiger charge is -2.24. The van der Waals surface area contributed by atoms with Crippen molar-refractivity contribution in [1.82, 2.24) is 9.80 Å². The lowest BCUT2D eigenvalue weighted by molar-refractivity contribution is 0.0361. The van der Waals surface area contributed by atoms with Gasteiger partial charge in [0.05, 0.1) is 40.3 Å². The van der Waals surface area contributed by atoms with E-state index in [-0.39, 0.29) is 6.10 Å². The van der Waals surface area contributed by atoms with E-state index in [9.17, 15) is 0 Å². The minimum atomic E-state index is 0.0259. The van der Waals surface area contributed by atoms with Crippen LogP contribution in [0.1, 0.15) is 36.8 Å². The van der Waals surface area contributed by atoms with Gasteiger partial charge in [0.15, 0.2) is 11.5 Å². The zero-order valence-electron chi connectivity index (χ0n) is 22.3. The van der Waals surface area contributed by atoms with Gasteiger partial charge in [-0.15, -0.1) is 0 Å². The fraction of sp³-hybridized carbons (Fsp3) is 0.552. The molecule has 0 N–H and O–H groups in total. The molecule has 3 atom stereocenters. The maximum atomic E-state index is 6.17. The molecule has 4 bridgehead atoms. The molecule has 0 saturated carbocycles. The summed E-state index contributed by atoms with van der Waals surface area (Å²) in [6.07, 6.45) is 5.61. The van der Waals surface area contributed by atoms with Gasteiger partial charge in [0.25, 0.3) is 0 Å². The Morgan fingerprint density at radius 2 is 1.68 bits per heavy atom. The third kappa shape index (κ3) is 8.62. The number of hydrogen-bond acceptors (Lipinski definition) is 8. The molecule has 0 aromatic heterocycles. The number of hydrogen-bond donors (Lipinski definition) is 0. The fourth-order valence-electron chi connectivity index (χ4n) is 4.82. The van der Waals surface area contributed by atoms with Crippen LogP contribution in [0.15, 0.2) is 47.6 Å². The second-order valence-corrected chi connectivity index (χ2v) is 9.57. The van der Waals surface area contributed by atoms with E-state index in [0.717, 1.165) is 69.7 Å². The monoisotopic (exact) mass is 511 g/mol. The van der Waals surface area contributed by atoms with Crippen molar-refractivity contribution in [2.75, 3.05) is 66.7 Å². The molecular weight excluding hydrogens is 470 g/mol. The number of nitrogens with zero attached hydrogens (tertiary/aromatic N) is 3. The van der Waals surface area contributed by atoms with Gasteiger partial charge < -0.3 is 28.7 Å². The van der Waals surface area contributed by atoms with E-state index in [1.54, 1.807) is 20.4 Å². The van der Waals surface area contributed by atoms with Gasteiger partial charge in [-0.05, 0) is 62.0 Å². The highest BCUT2D eigenvalue weighted by molar-refractivity contribution is 5.78. The summed E-state index contributed by atoms with van der Waals surface area (Å²) in [7, 11) is 3.28. The van der Waals surface area contributed by atoms with E-state index in [2.05, 4.69) is 15.0 Å². The van der Waals surface area contributed by atoms with Gasteiger partial charge >= 0.3 is 0 Å². The Kier molecular flexibility index (Phi) is 10.9. The third-order valence-corrected chi connectivity index (χ3v) is 6.91. The summed E-state index contributed by atoms with van der Waals surface area (Å²) < 4.78 is 23.4. The van der Waals surface area contributed by atoms with Crippen LogP contribution in [0, 0.1) is 0 Å². The number of fused-ring (bicyclic) bond motifs is 5. The van der Waals surface area contributed by atoms with E-state index in [1.807, 2.05) is 42.5 Å². The first kappa shape index (κ1) is 27.2. The normalized spacial score (nSPS) is 23.9. The van der Waals surface area contributed by atoms with Crippen molar-refractivity contribution in [2.24, 2.45) is 5.16 Å². The summed E-state index contributed by atoms with van der Waals surface area (Å²) in [5.41, 5.74) is 2.04. The molecule has 1 saturated heterocycles. The Balaban J connectivity index is 1.45. The Morgan fingerprint density at radius 1 is 0.865 bits per heavy atom. The van der Waals surface area contributed by atoms with E-state index in [4.69, 9.17) is 23.8 Å². The lowest BCUT2D eigenvalue weighted by Crippen LogP contribution is -2.34. The molecule has 0 radical (unpaired) electrons. The minimum absolute atomic E-state index is 0.0259. The van der Waals surface area contributed by atoms with Crippen LogP contribution >= 0.6 is 0 Å². The number of methoxy groups -OCH3 is 2. The molecular formula is C29H41N3O5.